The lowest BCUT2D eigenvalue weighted by Crippen LogP contribution is -2.36. The van der Waals surface area contributed by atoms with Crippen LogP contribution in [0.3, 0.4) is 0 Å². The molecule has 29 heavy (non-hydrogen) atoms. The molecule has 0 aliphatic heterocycles. The zero-order valence-corrected chi connectivity index (χ0v) is 17.9. The van der Waals surface area contributed by atoms with E-state index in [-0.39, 0.29) is 19.0 Å². The molecule has 152 valence electrons. The maximum atomic E-state index is 11.2. The molecule has 4 aromatic rings. The monoisotopic (exact) mass is 412 g/mol. The average Bonchev–Trinajstić information content (AvgIpc) is 3.33. The molecule has 4 heterocycles. The van der Waals surface area contributed by atoms with Crippen LogP contribution in [-0.2, 0) is 22.6 Å². The quantitative estimate of drug-likeness (QED) is 0.405. The van der Waals surface area contributed by atoms with Crippen molar-refractivity contribution in [3.8, 4) is 0 Å². The van der Waals surface area contributed by atoms with Crippen LogP contribution in [0.4, 0.5) is 0 Å². The van der Waals surface area contributed by atoms with Crippen LogP contribution in [0.15, 0.2) is 51.8 Å². The van der Waals surface area contributed by atoms with Crippen molar-refractivity contribution in [1.82, 2.24) is 9.97 Å². The summed E-state index contributed by atoms with van der Waals surface area (Å²) in [4.78, 5) is 19.4. The van der Waals surface area contributed by atoms with Gasteiger partial charge in [-0.05, 0) is 24.3 Å². The Bertz CT molecular complexity index is 1130. The van der Waals surface area contributed by atoms with E-state index in [0.717, 1.165) is 27.3 Å². The number of rotatable bonds is 4. The maximum absolute atomic E-state index is 11.2. The highest BCUT2D eigenvalue weighted by Crippen LogP contribution is 2.17. The summed E-state index contributed by atoms with van der Waals surface area (Å²) in [5.74, 6) is -0.282. The van der Waals surface area contributed by atoms with Gasteiger partial charge in [0, 0.05) is 10.8 Å². The molecule has 0 fully saturated rings. The summed E-state index contributed by atoms with van der Waals surface area (Å²) < 4.78 is 15.5. The van der Waals surface area contributed by atoms with Crippen LogP contribution >= 0.6 is 0 Å². The predicted molar refractivity (Wildman–Crippen MR) is 113 cm³/mol. The van der Waals surface area contributed by atoms with Gasteiger partial charge in [0.2, 0.25) is 0 Å². The van der Waals surface area contributed by atoms with Crippen LogP contribution in [0.25, 0.3) is 21.9 Å². The summed E-state index contributed by atoms with van der Waals surface area (Å²) in [5, 5.41) is 11.8. The number of hydrogen-bond donors (Lipinski definition) is 1. The number of esters is 1. The molecule has 8 heteroatoms. The number of pyridine rings is 2. The fourth-order valence-electron chi connectivity index (χ4n) is 2.68. The Morgan fingerprint density at radius 1 is 1.07 bits per heavy atom. The molecule has 4 aromatic heterocycles. The van der Waals surface area contributed by atoms with Gasteiger partial charge in [-0.15, -0.1) is 0 Å². The fraction of sp³-hybridized carbons (Fsp3) is 0.286. The molecule has 0 unspecified atom stereocenters. The van der Waals surface area contributed by atoms with Gasteiger partial charge in [-0.25, -0.2) is 0 Å². The van der Waals surface area contributed by atoms with E-state index in [1.807, 2.05) is 12.1 Å². The summed E-state index contributed by atoms with van der Waals surface area (Å²) in [5.41, 5.74) is 2.90. The Kier molecular flexibility index (Phi) is 6.14. The molecule has 4 rings (SSSR count). The minimum absolute atomic E-state index is 0.0267. The number of fused-ring (bicyclic) bond motifs is 2. The van der Waals surface area contributed by atoms with Gasteiger partial charge in [0.05, 0.1) is 55.6 Å². The second kappa shape index (κ2) is 8.58. The number of carbonyl (C=O) groups excluding carboxylic acids is 1. The maximum Gasteiger partial charge on any atom is 0.311 e. The Balaban J connectivity index is 0.000000186. The molecular weight excluding hydrogens is 388 g/mol. The summed E-state index contributed by atoms with van der Waals surface area (Å²) in [6, 6.07) is 7.60. The number of aliphatic hydroxyl groups is 1. The Morgan fingerprint density at radius 3 is 2.45 bits per heavy atom. The number of ether oxygens (including phenoxy) is 1. The Hall–Kier alpha value is -2.97. The van der Waals surface area contributed by atoms with Crippen LogP contribution < -0.4 is 5.38 Å². The summed E-state index contributed by atoms with van der Waals surface area (Å²) in [7, 11) is -0.0818. The van der Waals surface area contributed by atoms with Crippen LogP contribution in [0.5, 0.6) is 0 Å². The lowest BCUT2D eigenvalue weighted by atomic mass is 10.2. The molecule has 0 aliphatic carbocycles. The minimum Gasteiger partial charge on any atom is -0.469 e. The van der Waals surface area contributed by atoms with Crippen molar-refractivity contribution in [2.45, 2.75) is 32.7 Å². The van der Waals surface area contributed by atoms with Crippen molar-refractivity contribution in [2.24, 2.45) is 0 Å². The smallest absolute Gasteiger partial charge is 0.311 e. The average molecular weight is 413 g/mol. The topological polar surface area (TPSA) is 98.6 Å². The van der Waals surface area contributed by atoms with Gasteiger partial charge in [0.25, 0.3) is 0 Å². The van der Waals surface area contributed by atoms with Crippen LogP contribution in [-0.4, -0.2) is 36.2 Å². The first kappa shape index (κ1) is 20.8. The fourth-order valence-corrected chi connectivity index (χ4v) is 3.68. The molecule has 0 saturated heterocycles. The third-order valence-electron chi connectivity index (χ3n) is 4.31. The van der Waals surface area contributed by atoms with Crippen molar-refractivity contribution in [2.75, 3.05) is 7.11 Å². The predicted octanol–water partition coefficient (Wildman–Crippen LogP) is 3.41. The lowest BCUT2D eigenvalue weighted by Gasteiger charge is -2.10. The first-order valence-electron chi connectivity index (χ1n) is 9.19. The van der Waals surface area contributed by atoms with Gasteiger partial charge in [-0.1, -0.05) is 19.6 Å². The van der Waals surface area contributed by atoms with E-state index >= 15 is 0 Å². The van der Waals surface area contributed by atoms with Crippen LogP contribution in [0.1, 0.15) is 11.4 Å². The zero-order chi connectivity index (χ0) is 21.0. The molecule has 0 saturated carbocycles. The number of carbonyl (C=O) groups is 1. The van der Waals surface area contributed by atoms with Crippen LogP contribution in [0, 0.1) is 0 Å². The van der Waals surface area contributed by atoms with Gasteiger partial charge in [-0.2, -0.15) is 0 Å². The van der Waals surface area contributed by atoms with E-state index in [9.17, 15) is 4.79 Å². The number of aromatic nitrogens is 2. The van der Waals surface area contributed by atoms with E-state index in [0.29, 0.717) is 11.4 Å². The second-order valence-electron chi connectivity index (χ2n) is 7.62. The highest BCUT2D eigenvalue weighted by Gasteiger charge is 2.21. The number of methoxy groups -OCH3 is 1. The molecule has 1 N–H and O–H groups in total. The normalized spacial score (nSPS) is 11.3. The highest BCUT2D eigenvalue weighted by molar-refractivity contribution is 6.87. The molecule has 0 bridgehead atoms. The van der Waals surface area contributed by atoms with Crippen molar-refractivity contribution in [3.05, 3.63) is 54.3 Å². The highest BCUT2D eigenvalue weighted by atomic mass is 28.3. The molecule has 0 aromatic carbocycles. The van der Waals surface area contributed by atoms with E-state index in [1.165, 1.54) is 7.11 Å². The number of furan rings is 2. The lowest BCUT2D eigenvalue weighted by molar-refractivity contribution is -0.139. The standard InChI is InChI=1S/C13H17NO3Si.C8H7NO2/c1-16-12(15)7-10-5-9-6-13(18(2,3)4)17-11(9)8-14-10;10-5-7-3-6-1-2-11-8(6)4-9-7/h5-6,8H,7H2,1-4H3;1-4,10H,5H2. The zero-order valence-electron chi connectivity index (χ0n) is 16.9. The Labute approximate surface area is 169 Å². The van der Waals surface area contributed by atoms with Crippen molar-refractivity contribution in [3.63, 3.8) is 0 Å². The molecule has 0 radical (unpaired) electrons. The van der Waals surface area contributed by atoms with Gasteiger partial charge in [0.1, 0.15) is 8.07 Å². The summed E-state index contributed by atoms with van der Waals surface area (Å²) in [6.07, 6.45) is 5.09. The molecule has 0 amide bonds. The number of hydrogen-bond acceptors (Lipinski definition) is 7. The van der Waals surface area contributed by atoms with E-state index in [1.54, 1.807) is 24.7 Å². The van der Waals surface area contributed by atoms with Crippen LogP contribution in [0.2, 0.25) is 19.6 Å². The van der Waals surface area contributed by atoms with Crippen molar-refractivity contribution >= 4 is 41.4 Å². The molecule has 0 aliphatic rings. The largest absolute Gasteiger partial charge is 0.469 e. The van der Waals surface area contributed by atoms with E-state index in [2.05, 4.69) is 40.4 Å². The van der Waals surface area contributed by atoms with Gasteiger partial charge in [0.15, 0.2) is 11.2 Å². The summed E-state index contributed by atoms with van der Waals surface area (Å²) >= 11 is 0. The minimum atomic E-state index is -1.46. The van der Waals surface area contributed by atoms with E-state index < -0.39 is 8.07 Å². The number of nitrogens with zero attached hydrogens (tertiary/aromatic N) is 2. The second-order valence-corrected chi connectivity index (χ2v) is 12.6. The van der Waals surface area contributed by atoms with Gasteiger partial charge < -0.3 is 18.7 Å². The Morgan fingerprint density at radius 2 is 1.76 bits per heavy atom. The van der Waals surface area contributed by atoms with Gasteiger partial charge in [-0.3, -0.25) is 14.8 Å². The van der Waals surface area contributed by atoms with Crippen molar-refractivity contribution < 1.29 is 23.5 Å². The molecular formula is C21H24N2O5Si. The summed E-state index contributed by atoms with van der Waals surface area (Å²) in [6.45, 7) is 6.66. The van der Waals surface area contributed by atoms with E-state index in [4.69, 9.17) is 13.9 Å². The number of aliphatic hydroxyl groups excluding tert-OH is 1. The van der Waals surface area contributed by atoms with Gasteiger partial charge >= 0.3 is 5.97 Å². The SMILES string of the molecule is COC(=O)Cc1cc2cc([Si](C)(C)C)oc2cn1.OCc1cc2ccoc2cn1. The first-order chi connectivity index (χ1) is 13.8. The third-order valence-corrected chi connectivity index (χ3v) is 6.04. The molecule has 0 atom stereocenters. The molecule has 0 spiro atoms. The third kappa shape index (κ3) is 5.10. The first-order valence-corrected chi connectivity index (χ1v) is 12.7. The van der Waals surface area contributed by atoms with Crippen molar-refractivity contribution in [1.29, 1.82) is 0 Å². The molecule has 7 nitrogen and oxygen atoms in total.